The molecule has 1 N–H and O–H groups in total. The molecule has 1 nitrogen and oxygen atoms in total. The molecule has 0 fully saturated rings. The molecule has 0 unspecified atom stereocenters. The van der Waals surface area contributed by atoms with E-state index in [1.54, 1.807) is 14.0 Å². The summed E-state index contributed by atoms with van der Waals surface area (Å²) in [5.41, 5.74) is -0.190. The van der Waals surface area contributed by atoms with Gasteiger partial charge in [-0.25, -0.2) is 0 Å². The Labute approximate surface area is 91.2 Å². The Balaban J connectivity index is 3.17. The van der Waals surface area contributed by atoms with Crippen LogP contribution in [0, 0.1) is 0 Å². The first-order chi connectivity index (χ1) is 6.84. The van der Waals surface area contributed by atoms with Crippen LogP contribution >= 0.6 is 11.6 Å². The minimum atomic E-state index is -4.35. The van der Waals surface area contributed by atoms with E-state index in [2.05, 4.69) is 5.32 Å². The molecule has 0 aliphatic heterocycles. The first-order valence-corrected chi connectivity index (χ1v) is 4.77. The summed E-state index contributed by atoms with van der Waals surface area (Å²) in [5.74, 6) is 0. The fourth-order valence-electron chi connectivity index (χ4n) is 1.19. The molecule has 84 valence electrons. The average molecular weight is 238 g/mol. The van der Waals surface area contributed by atoms with Crippen LogP contribution in [0.15, 0.2) is 18.2 Å². The van der Waals surface area contributed by atoms with Crippen molar-refractivity contribution in [1.82, 2.24) is 5.32 Å². The standard InChI is InChI=1S/C10H11ClF3N/c1-6(15-2)7-3-8(10(12,13)14)5-9(11)4-7/h3-6,15H,1-2H3/t6-/m1/s1. The summed E-state index contributed by atoms with van der Waals surface area (Å²) in [5, 5.41) is 2.96. The molecule has 15 heavy (non-hydrogen) atoms. The van der Waals surface area contributed by atoms with Crippen LogP contribution in [0.2, 0.25) is 5.02 Å². The highest BCUT2D eigenvalue weighted by atomic mass is 35.5. The van der Waals surface area contributed by atoms with Gasteiger partial charge in [0.1, 0.15) is 0 Å². The normalized spacial score (nSPS) is 14.0. The van der Waals surface area contributed by atoms with Crippen molar-refractivity contribution in [3.63, 3.8) is 0 Å². The van der Waals surface area contributed by atoms with Crippen LogP contribution in [-0.2, 0) is 6.18 Å². The molecule has 0 saturated carbocycles. The topological polar surface area (TPSA) is 12.0 Å². The lowest BCUT2D eigenvalue weighted by Crippen LogP contribution is -2.14. The van der Waals surface area contributed by atoms with Gasteiger partial charge in [0.25, 0.3) is 0 Å². The monoisotopic (exact) mass is 237 g/mol. The van der Waals surface area contributed by atoms with E-state index in [0.29, 0.717) is 5.56 Å². The molecule has 1 rings (SSSR count). The van der Waals surface area contributed by atoms with E-state index in [0.717, 1.165) is 12.1 Å². The van der Waals surface area contributed by atoms with Gasteiger partial charge in [-0.3, -0.25) is 0 Å². The summed E-state index contributed by atoms with van der Waals surface area (Å²) in [4.78, 5) is 0. The van der Waals surface area contributed by atoms with Crippen molar-refractivity contribution in [3.05, 3.63) is 34.3 Å². The highest BCUT2D eigenvalue weighted by Crippen LogP contribution is 2.33. The van der Waals surface area contributed by atoms with Crippen LogP contribution in [0.4, 0.5) is 13.2 Å². The second kappa shape index (κ2) is 4.41. The minimum Gasteiger partial charge on any atom is -0.313 e. The molecule has 5 heteroatoms. The molecular weight excluding hydrogens is 227 g/mol. The second-order valence-electron chi connectivity index (χ2n) is 3.28. The molecule has 0 heterocycles. The number of hydrogen-bond donors (Lipinski definition) is 1. The smallest absolute Gasteiger partial charge is 0.313 e. The van der Waals surface area contributed by atoms with Gasteiger partial charge < -0.3 is 5.32 Å². The van der Waals surface area contributed by atoms with E-state index >= 15 is 0 Å². The zero-order valence-corrected chi connectivity index (χ0v) is 9.08. The van der Waals surface area contributed by atoms with Crippen LogP contribution in [-0.4, -0.2) is 7.05 Å². The summed E-state index contributed by atoms with van der Waals surface area (Å²) >= 11 is 5.63. The third-order valence-corrected chi connectivity index (χ3v) is 2.40. The minimum absolute atomic E-state index is 0.0990. The zero-order valence-electron chi connectivity index (χ0n) is 8.32. The number of alkyl halides is 3. The van der Waals surface area contributed by atoms with Crippen LogP contribution in [0.1, 0.15) is 24.1 Å². The molecular formula is C10H11ClF3N. The van der Waals surface area contributed by atoms with E-state index in [9.17, 15) is 13.2 Å². The molecule has 1 aromatic carbocycles. The lowest BCUT2D eigenvalue weighted by Gasteiger charge is -2.14. The van der Waals surface area contributed by atoms with Crippen molar-refractivity contribution in [2.75, 3.05) is 7.05 Å². The van der Waals surface area contributed by atoms with E-state index < -0.39 is 11.7 Å². The average Bonchev–Trinajstić information content (AvgIpc) is 2.14. The number of halogens is 4. The van der Waals surface area contributed by atoms with Crippen molar-refractivity contribution in [1.29, 1.82) is 0 Å². The van der Waals surface area contributed by atoms with E-state index in [1.165, 1.54) is 6.07 Å². The van der Waals surface area contributed by atoms with Gasteiger partial charge in [0.2, 0.25) is 0 Å². The Bertz CT molecular complexity index is 349. The third-order valence-electron chi connectivity index (χ3n) is 2.18. The summed E-state index contributed by atoms with van der Waals surface area (Å²) in [6.45, 7) is 1.77. The second-order valence-corrected chi connectivity index (χ2v) is 3.72. The van der Waals surface area contributed by atoms with Gasteiger partial charge in [-0.05, 0) is 37.7 Å². The Morgan fingerprint density at radius 3 is 2.33 bits per heavy atom. The highest BCUT2D eigenvalue weighted by Gasteiger charge is 2.31. The first kappa shape index (κ1) is 12.3. The SMILES string of the molecule is CN[C@H](C)c1cc(Cl)cc(C(F)(F)F)c1. The predicted molar refractivity (Wildman–Crippen MR) is 53.9 cm³/mol. The van der Waals surface area contributed by atoms with Crippen molar-refractivity contribution in [2.24, 2.45) is 0 Å². The number of benzene rings is 1. The molecule has 0 spiro atoms. The Morgan fingerprint density at radius 1 is 1.27 bits per heavy atom. The van der Waals surface area contributed by atoms with Gasteiger partial charge in [0, 0.05) is 11.1 Å². The van der Waals surface area contributed by atoms with Crippen molar-refractivity contribution in [3.8, 4) is 0 Å². The summed E-state index contributed by atoms with van der Waals surface area (Å²) in [7, 11) is 1.68. The maximum Gasteiger partial charge on any atom is 0.416 e. The van der Waals surface area contributed by atoms with Gasteiger partial charge >= 0.3 is 6.18 Å². The largest absolute Gasteiger partial charge is 0.416 e. The molecule has 0 radical (unpaired) electrons. The predicted octanol–water partition coefficient (Wildman–Crippen LogP) is 3.64. The molecule has 0 bridgehead atoms. The summed E-state index contributed by atoms with van der Waals surface area (Å²) in [6, 6.07) is 3.39. The van der Waals surface area contributed by atoms with Gasteiger partial charge in [-0.15, -0.1) is 0 Å². The molecule has 0 saturated heterocycles. The van der Waals surface area contributed by atoms with Gasteiger partial charge in [-0.1, -0.05) is 11.6 Å². The number of nitrogens with one attached hydrogen (secondary N) is 1. The lowest BCUT2D eigenvalue weighted by molar-refractivity contribution is -0.137. The van der Waals surface area contributed by atoms with Crippen LogP contribution in [0.25, 0.3) is 0 Å². The Hall–Kier alpha value is -0.740. The number of rotatable bonds is 2. The third kappa shape index (κ3) is 3.11. The fourth-order valence-corrected chi connectivity index (χ4v) is 1.44. The van der Waals surface area contributed by atoms with Crippen molar-refractivity contribution in [2.45, 2.75) is 19.1 Å². The van der Waals surface area contributed by atoms with Gasteiger partial charge in [-0.2, -0.15) is 13.2 Å². The molecule has 0 amide bonds. The molecule has 0 aliphatic rings. The van der Waals surface area contributed by atoms with Gasteiger partial charge in [0.15, 0.2) is 0 Å². The van der Waals surface area contributed by atoms with Crippen molar-refractivity contribution < 1.29 is 13.2 Å². The molecule has 0 aliphatic carbocycles. The molecule has 0 aromatic heterocycles. The molecule has 1 atom stereocenters. The Kier molecular flexibility index (Phi) is 3.62. The summed E-state index contributed by atoms with van der Waals surface area (Å²) in [6.07, 6.45) is -4.35. The fraction of sp³-hybridized carbons (Fsp3) is 0.400. The first-order valence-electron chi connectivity index (χ1n) is 4.39. The van der Waals surface area contributed by atoms with Crippen molar-refractivity contribution >= 4 is 11.6 Å². The zero-order chi connectivity index (χ0) is 11.6. The van der Waals surface area contributed by atoms with Crippen LogP contribution < -0.4 is 5.32 Å². The Morgan fingerprint density at radius 2 is 1.87 bits per heavy atom. The van der Waals surface area contributed by atoms with Crippen LogP contribution in [0.3, 0.4) is 0 Å². The quantitative estimate of drug-likeness (QED) is 0.828. The van der Waals surface area contributed by atoms with E-state index in [4.69, 9.17) is 11.6 Å². The lowest BCUT2D eigenvalue weighted by atomic mass is 10.1. The molecule has 1 aromatic rings. The van der Waals surface area contributed by atoms with E-state index in [1.807, 2.05) is 0 Å². The number of hydrogen-bond acceptors (Lipinski definition) is 1. The van der Waals surface area contributed by atoms with Gasteiger partial charge in [0.05, 0.1) is 5.56 Å². The maximum atomic E-state index is 12.4. The van der Waals surface area contributed by atoms with E-state index in [-0.39, 0.29) is 11.1 Å². The maximum absolute atomic E-state index is 12.4. The van der Waals surface area contributed by atoms with Crippen LogP contribution in [0.5, 0.6) is 0 Å². The summed E-state index contributed by atoms with van der Waals surface area (Å²) < 4.78 is 37.3. The highest BCUT2D eigenvalue weighted by molar-refractivity contribution is 6.30.